The Hall–Kier alpha value is -1.14. The molecule has 0 aromatic rings. The Morgan fingerprint density at radius 2 is 2.31 bits per heavy atom. The molecule has 0 radical (unpaired) electrons. The van der Waals surface area contributed by atoms with Gasteiger partial charge in [-0.2, -0.15) is 0 Å². The highest BCUT2D eigenvalue weighted by molar-refractivity contribution is 5.78. The predicted molar refractivity (Wildman–Crippen MR) is 55.0 cm³/mol. The number of carbonyl (C=O) groups excluding carboxylic acids is 1. The third-order valence-corrected chi connectivity index (χ3v) is 2.37. The Kier molecular flexibility index (Phi) is 5.21. The maximum absolute atomic E-state index is 11.3. The maximum atomic E-state index is 11.3. The second kappa shape index (κ2) is 6.44. The molecular formula is C10H17NO5. The van der Waals surface area contributed by atoms with Gasteiger partial charge in [0.1, 0.15) is 13.2 Å². The van der Waals surface area contributed by atoms with Gasteiger partial charge in [-0.25, -0.2) is 4.79 Å². The normalized spacial score (nSPS) is 21.7. The summed E-state index contributed by atoms with van der Waals surface area (Å²) in [6.45, 7) is 1.91. The number of amides is 1. The van der Waals surface area contributed by atoms with Crippen molar-refractivity contribution in [1.82, 2.24) is 5.32 Å². The van der Waals surface area contributed by atoms with Crippen molar-refractivity contribution in [2.24, 2.45) is 0 Å². The van der Waals surface area contributed by atoms with Crippen molar-refractivity contribution in [3.63, 3.8) is 0 Å². The van der Waals surface area contributed by atoms with Gasteiger partial charge in [-0.1, -0.05) is 0 Å². The highest BCUT2D eigenvalue weighted by Crippen LogP contribution is 2.15. The summed E-state index contributed by atoms with van der Waals surface area (Å²) in [6, 6.07) is -0.0663. The van der Waals surface area contributed by atoms with Gasteiger partial charge in [0, 0.05) is 6.61 Å². The molecule has 92 valence electrons. The fourth-order valence-corrected chi connectivity index (χ4v) is 1.62. The Balaban J connectivity index is 2.15. The molecule has 0 aromatic heterocycles. The molecule has 6 nitrogen and oxygen atoms in total. The van der Waals surface area contributed by atoms with Crippen LogP contribution in [0.15, 0.2) is 0 Å². The summed E-state index contributed by atoms with van der Waals surface area (Å²) >= 11 is 0. The van der Waals surface area contributed by atoms with E-state index in [0.29, 0.717) is 0 Å². The highest BCUT2D eigenvalue weighted by Gasteiger charge is 2.23. The zero-order chi connectivity index (χ0) is 12.0. The van der Waals surface area contributed by atoms with Crippen LogP contribution in [0.3, 0.4) is 0 Å². The van der Waals surface area contributed by atoms with Crippen LogP contribution in [0.4, 0.5) is 0 Å². The Morgan fingerprint density at radius 1 is 1.56 bits per heavy atom. The number of rotatable bonds is 6. The lowest BCUT2D eigenvalue weighted by Gasteiger charge is -2.19. The second-order valence-electron chi connectivity index (χ2n) is 3.79. The average Bonchev–Trinajstić information content (AvgIpc) is 2.69. The standard InChI is InChI=1S/C10H17NO5/c1-7(8-3-2-4-16-8)11-9(12)5-15-6-10(13)14/h7-8H,2-6H2,1H3,(H,11,12)(H,13,14). The van der Waals surface area contributed by atoms with Gasteiger partial charge >= 0.3 is 5.97 Å². The van der Waals surface area contributed by atoms with Crippen LogP contribution in [0.1, 0.15) is 19.8 Å². The number of carbonyl (C=O) groups is 2. The molecular weight excluding hydrogens is 214 g/mol. The van der Waals surface area contributed by atoms with Gasteiger partial charge in [0.15, 0.2) is 0 Å². The van der Waals surface area contributed by atoms with Crippen molar-refractivity contribution in [2.75, 3.05) is 19.8 Å². The van der Waals surface area contributed by atoms with Crippen LogP contribution in [0.5, 0.6) is 0 Å². The number of carboxylic acid groups (broad SMARTS) is 1. The third kappa shape index (κ3) is 4.59. The number of carboxylic acids is 1. The Labute approximate surface area is 93.9 Å². The number of hydrogen-bond donors (Lipinski definition) is 2. The van der Waals surface area contributed by atoms with Crippen LogP contribution in [0.2, 0.25) is 0 Å². The third-order valence-electron chi connectivity index (χ3n) is 2.37. The van der Waals surface area contributed by atoms with E-state index in [1.54, 1.807) is 0 Å². The van der Waals surface area contributed by atoms with E-state index < -0.39 is 12.6 Å². The van der Waals surface area contributed by atoms with Crippen LogP contribution < -0.4 is 5.32 Å². The van der Waals surface area contributed by atoms with Gasteiger partial charge in [0.25, 0.3) is 0 Å². The predicted octanol–water partition coefficient (Wildman–Crippen LogP) is -0.229. The molecule has 1 saturated heterocycles. The van der Waals surface area contributed by atoms with Crippen molar-refractivity contribution in [1.29, 1.82) is 0 Å². The second-order valence-corrected chi connectivity index (χ2v) is 3.79. The molecule has 1 aliphatic heterocycles. The van der Waals surface area contributed by atoms with Crippen LogP contribution in [-0.4, -0.2) is 48.9 Å². The van der Waals surface area contributed by atoms with Crippen molar-refractivity contribution in [3.8, 4) is 0 Å². The lowest BCUT2D eigenvalue weighted by atomic mass is 10.1. The maximum Gasteiger partial charge on any atom is 0.329 e. The molecule has 1 heterocycles. The molecule has 2 atom stereocenters. The van der Waals surface area contributed by atoms with E-state index in [0.717, 1.165) is 19.4 Å². The van der Waals surface area contributed by atoms with Gasteiger partial charge in [0.2, 0.25) is 5.91 Å². The molecule has 0 bridgehead atoms. The largest absolute Gasteiger partial charge is 0.480 e. The molecule has 0 aliphatic carbocycles. The van der Waals surface area contributed by atoms with Crippen molar-refractivity contribution in [2.45, 2.75) is 31.9 Å². The number of ether oxygens (including phenoxy) is 2. The van der Waals surface area contributed by atoms with Crippen LogP contribution >= 0.6 is 0 Å². The van der Waals surface area contributed by atoms with Crippen molar-refractivity contribution < 1.29 is 24.2 Å². The summed E-state index contributed by atoms with van der Waals surface area (Å²) < 4.78 is 10.1. The number of nitrogens with one attached hydrogen (secondary N) is 1. The minimum Gasteiger partial charge on any atom is -0.480 e. The molecule has 0 saturated carbocycles. The minimum absolute atomic E-state index is 0.0587. The summed E-state index contributed by atoms with van der Waals surface area (Å²) in [5.41, 5.74) is 0. The molecule has 2 unspecified atom stereocenters. The van der Waals surface area contributed by atoms with E-state index in [1.807, 2.05) is 6.92 Å². The molecule has 0 aromatic carbocycles. The lowest BCUT2D eigenvalue weighted by molar-refractivity contribution is -0.143. The zero-order valence-corrected chi connectivity index (χ0v) is 9.27. The molecule has 1 amide bonds. The molecule has 1 rings (SSSR count). The lowest BCUT2D eigenvalue weighted by Crippen LogP contribution is -2.42. The smallest absolute Gasteiger partial charge is 0.329 e. The molecule has 1 fully saturated rings. The highest BCUT2D eigenvalue weighted by atomic mass is 16.5. The van der Waals surface area contributed by atoms with Gasteiger partial charge in [-0.15, -0.1) is 0 Å². The zero-order valence-electron chi connectivity index (χ0n) is 9.27. The van der Waals surface area contributed by atoms with Gasteiger partial charge in [-0.3, -0.25) is 4.79 Å². The first-order chi connectivity index (χ1) is 7.59. The van der Waals surface area contributed by atoms with Gasteiger partial charge in [0.05, 0.1) is 12.1 Å². The summed E-state index contributed by atoms with van der Waals surface area (Å²) in [6.07, 6.45) is 2.01. The molecule has 0 spiro atoms. The first-order valence-corrected chi connectivity index (χ1v) is 5.30. The average molecular weight is 231 g/mol. The van der Waals surface area contributed by atoms with E-state index in [2.05, 4.69) is 10.1 Å². The molecule has 16 heavy (non-hydrogen) atoms. The van der Waals surface area contributed by atoms with Crippen LogP contribution in [-0.2, 0) is 19.1 Å². The monoisotopic (exact) mass is 231 g/mol. The summed E-state index contributed by atoms with van der Waals surface area (Å²) in [5, 5.41) is 11.0. The fourth-order valence-electron chi connectivity index (χ4n) is 1.62. The first-order valence-electron chi connectivity index (χ1n) is 5.30. The Morgan fingerprint density at radius 3 is 2.88 bits per heavy atom. The van der Waals surface area contributed by atoms with E-state index in [1.165, 1.54) is 0 Å². The van der Waals surface area contributed by atoms with E-state index in [-0.39, 0.29) is 24.7 Å². The first kappa shape index (κ1) is 12.9. The van der Waals surface area contributed by atoms with Crippen LogP contribution in [0, 0.1) is 0 Å². The van der Waals surface area contributed by atoms with E-state index >= 15 is 0 Å². The number of aliphatic carboxylic acids is 1. The quantitative estimate of drug-likeness (QED) is 0.659. The topological polar surface area (TPSA) is 84.9 Å². The van der Waals surface area contributed by atoms with Crippen molar-refractivity contribution in [3.05, 3.63) is 0 Å². The van der Waals surface area contributed by atoms with Crippen LogP contribution in [0.25, 0.3) is 0 Å². The number of hydrogen-bond acceptors (Lipinski definition) is 4. The minimum atomic E-state index is -1.08. The van der Waals surface area contributed by atoms with E-state index in [4.69, 9.17) is 9.84 Å². The van der Waals surface area contributed by atoms with Gasteiger partial charge in [-0.05, 0) is 19.8 Å². The summed E-state index contributed by atoms with van der Waals surface area (Å²) in [7, 11) is 0. The van der Waals surface area contributed by atoms with Crippen molar-refractivity contribution >= 4 is 11.9 Å². The fraction of sp³-hybridized carbons (Fsp3) is 0.800. The molecule has 2 N–H and O–H groups in total. The Bertz CT molecular complexity index is 250. The SMILES string of the molecule is CC(NC(=O)COCC(=O)O)C1CCCO1. The molecule has 6 heteroatoms. The summed E-state index contributed by atoms with van der Waals surface area (Å²) in [4.78, 5) is 21.4. The summed E-state index contributed by atoms with van der Waals surface area (Å²) in [5.74, 6) is -1.40. The van der Waals surface area contributed by atoms with Gasteiger partial charge < -0.3 is 19.9 Å². The molecule has 1 aliphatic rings. The van der Waals surface area contributed by atoms with E-state index in [9.17, 15) is 9.59 Å².